The highest BCUT2D eigenvalue weighted by molar-refractivity contribution is 7.68. The number of alkyl halides is 4. The smallest absolute Gasteiger partial charge is 0.388 e. The van der Waals surface area contributed by atoms with Crippen LogP contribution in [0.4, 0.5) is 11.6 Å². The van der Waals surface area contributed by atoms with Crippen molar-refractivity contribution in [1.82, 2.24) is 38.2 Å². The van der Waals surface area contributed by atoms with Crippen molar-refractivity contribution in [2.24, 2.45) is 0 Å². The number of nitrogens with one attached hydrogen (secondary N) is 2. The summed E-state index contributed by atoms with van der Waals surface area (Å²) in [4.78, 5) is 224. The lowest BCUT2D eigenvalue weighted by molar-refractivity contribution is -0.128. The third-order valence-corrected chi connectivity index (χ3v) is 32.6. The van der Waals surface area contributed by atoms with E-state index in [1.807, 2.05) is 9.97 Å². The molecule has 4 fully saturated rings. The molecule has 708 valence electrons. The summed E-state index contributed by atoms with van der Waals surface area (Å²) in [7, 11) is -67.3. The van der Waals surface area contributed by atoms with Gasteiger partial charge in [-0.3, -0.25) is 55.9 Å². The number of aromatic nitrogens is 8. The summed E-state index contributed by atoms with van der Waals surface area (Å²) < 4.78 is 208. The van der Waals surface area contributed by atoms with Crippen LogP contribution >= 0.6 is 140 Å². The predicted octanol–water partition coefficient (Wildman–Crippen LogP) is -1.77. The Balaban J connectivity index is 0.000000294. The molecule has 0 bridgehead atoms. The SMILES string of the molecule is C=C[C@]1(COP(=O)(O)OP(=O)(O)OP(=O)(O)O)O[C@@H](n2ccc(=O)[nH]c2=O)[C@H](Cl)[C@@H]1O.C=C[C@]1(COP(=O)(O)OP(=O)(O)OP(=O)(O)O)O[C@@H](n2ccc(N)nc2=O)[C@H](Cl)[C@@H]1O.CC[C@]1(COP(=O)(O)OP(=O)(O)OP(=O)(O)O)O[C@@H](n2ccc(=O)[nH]c2=O)[C@H](Cl)[C@@H]1O.CC[C@]1(COP(=O)(O)OP(=O)(O)OP(=O)(O)O)O[C@@H](n2ccc(N)nc2=O)[C@H](Cl)[C@@H]1O. The largest absolute Gasteiger partial charge is 0.490 e. The maximum atomic E-state index is 12.0. The number of aliphatic hydroxyl groups is 4. The topological polar surface area (TPSA) is 989 Å². The number of aromatic amines is 2. The van der Waals surface area contributed by atoms with Gasteiger partial charge in [0.05, 0.1) is 26.4 Å². The quantitative estimate of drug-likeness (QED) is 0.0136. The van der Waals surface area contributed by atoms with Crippen molar-refractivity contribution in [3.8, 4) is 0 Å². The highest BCUT2D eigenvalue weighted by atomic mass is 35.5. The maximum Gasteiger partial charge on any atom is 0.490 e. The minimum atomic E-state index is -5.76. The molecular weight excluding hydrogens is 2050 g/mol. The van der Waals surface area contributed by atoms with Crippen LogP contribution < -0.4 is 45.3 Å². The average Bonchev–Trinajstić information content (AvgIpc) is 1.63. The highest BCUT2D eigenvalue weighted by Gasteiger charge is 2.60. The molecule has 4 saturated heterocycles. The van der Waals surface area contributed by atoms with Gasteiger partial charge in [-0.2, -0.15) is 44.5 Å². The fourth-order valence-corrected chi connectivity index (χ4v) is 24.1. The number of nitrogens with two attached hydrogens (primary N) is 2. The lowest BCUT2D eigenvalue weighted by Gasteiger charge is -2.31. The molecule has 4 aliphatic rings. The Kier molecular flexibility index (Phi) is 37.5. The van der Waals surface area contributed by atoms with E-state index in [-0.39, 0.29) is 24.5 Å². The zero-order valence-electron chi connectivity index (χ0n) is 60.9. The molecule has 0 spiro atoms. The number of rotatable bonds is 36. The molecule has 8 rings (SSSR count). The fourth-order valence-electron chi connectivity index (χ4n) is 10.2. The lowest BCUT2D eigenvalue weighted by atomic mass is 9.94. The maximum absolute atomic E-state index is 12.0. The summed E-state index contributed by atoms with van der Waals surface area (Å²) in [6.07, 6.45) is -6.07. The highest BCUT2D eigenvalue weighted by Crippen LogP contribution is 2.71. The van der Waals surface area contributed by atoms with E-state index >= 15 is 0 Å². The van der Waals surface area contributed by atoms with Gasteiger partial charge in [-0.1, -0.05) is 26.0 Å². The van der Waals surface area contributed by atoms with Gasteiger partial charge >= 0.3 is 117 Å². The number of hydrogen-bond donors (Lipinski definition) is 24. The summed E-state index contributed by atoms with van der Waals surface area (Å²) >= 11 is 24.5. The van der Waals surface area contributed by atoms with Gasteiger partial charge < -0.3 is 129 Å². The van der Waals surface area contributed by atoms with Crippen LogP contribution in [0.15, 0.2) is 103 Å². The molecular formula is C44H70Cl4N10O54P12. The van der Waals surface area contributed by atoms with Crippen LogP contribution in [0.25, 0.3) is 0 Å². The van der Waals surface area contributed by atoms with Crippen LogP contribution in [0.5, 0.6) is 0 Å². The van der Waals surface area contributed by atoms with E-state index in [0.29, 0.717) is 0 Å². The Labute approximate surface area is 706 Å². The first-order valence-corrected chi connectivity index (χ1v) is 51.6. The van der Waals surface area contributed by atoms with Gasteiger partial charge in [0.1, 0.15) is 80.0 Å². The molecule has 0 amide bonds. The normalized spacial score (nSPS) is 30.5. The molecule has 0 aromatic carbocycles. The molecule has 0 radical (unpaired) electrons. The molecule has 124 heavy (non-hydrogen) atoms. The van der Waals surface area contributed by atoms with Crippen LogP contribution in [0.2, 0.25) is 0 Å². The number of aliphatic hydroxyl groups excluding tert-OH is 4. The summed E-state index contributed by atoms with van der Waals surface area (Å²) in [6, 6.07) is 4.44. The molecule has 24 atom stereocenters. The molecule has 8 unspecified atom stereocenters. The van der Waals surface area contributed by atoms with E-state index in [1.54, 1.807) is 0 Å². The minimum absolute atomic E-state index is 0.0830. The van der Waals surface area contributed by atoms with Crippen molar-refractivity contribution in [3.63, 3.8) is 0 Å². The Morgan fingerprint density at radius 3 is 0.863 bits per heavy atom. The zero-order valence-corrected chi connectivity index (χ0v) is 74.7. The monoisotopic (exact) mass is 2110 g/mol. The standard InChI is InChI=1S/C11H19ClN3O13P3.C11H17ClN3O13P3.C11H18ClN2O14P3.C11H16ClN2O14P3/c2*1-2-11(5-25-30(21,22)28-31(23,24)27-29(18,19)20)8(16)7(12)9(26-11)15-4-3-6(13)14-10(15)17;2*1-2-11(5-25-30(21,22)28-31(23,24)27-29(18,19)20)8(16)7(12)9(26-11)14-4-3-6(15)13-10(14)17/h3-4,7-9,16H,2,5H2,1H3,(H,21,22)(H,23,24)(H2,13,14,17)(H2,18,19,20);2-4,7-9,16H,1,5H2,(H,21,22)(H,23,24)(H2,13,14,17)(H2,18,19,20);3-4,7-9,16H,2,5H2,1H3,(H,21,22)(H,23,24)(H,13,15,17)(H2,18,19,20);2-4,7-9,16H,1,5H2,(H,21,22)(H,23,24)(H,13,15,17)(H2,18,19,20)/t4*7-,8+,9-,11-/m1111/s1. The molecule has 26 N–H and O–H groups in total. The van der Waals surface area contributed by atoms with E-state index in [1.165, 1.54) is 38.4 Å². The first-order valence-electron chi connectivity index (χ1n) is 31.8. The van der Waals surface area contributed by atoms with Crippen LogP contribution in [0.3, 0.4) is 0 Å². The van der Waals surface area contributed by atoms with Gasteiger partial charge in [-0.25, -0.2) is 74.0 Å². The first-order chi connectivity index (χ1) is 56.0. The molecule has 0 aliphatic carbocycles. The lowest BCUT2D eigenvalue weighted by Crippen LogP contribution is -2.45. The van der Waals surface area contributed by atoms with Gasteiger partial charge in [-0.05, 0) is 25.0 Å². The number of anilines is 2. The number of hydrogen-bond acceptors (Lipinski definition) is 42. The number of nitrogens with zero attached hydrogens (tertiary/aromatic N) is 6. The molecule has 4 aromatic rings. The molecule has 0 saturated carbocycles. The molecule has 4 aromatic heterocycles. The second kappa shape index (κ2) is 41.9. The number of halogens is 4. The van der Waals surface area contributed by atoms with Crippen molar-refractivity contribution in [3.05, 3.63) is 137 Å². The molecule has 80 heteroatoms. The van der Waals surface area contributed by atoms with E-state index in [2.05, 4.69) is 75.7 Å². The Morgan fingerprint density at radius 2 is 0.621 bits per heavy atom. The molecule has 8 heterocycles. The Bertz CT molecular complexity index is 5550. The van der Waals surface area contributed by atoms with Crippen molar-refractivity contribution < 1.29 is 225 Å². The molecule has 4 aliphatic heterocycles. The third kappa shape index (κ3) is 31.4. The van der Waals surface area contributed by atoms with Crippen molar-refractivity contribution in [2.75, 3.05) is 37.9 Å². The average molecular weight is 2120 g/mol. The van der Waals surface area contributed by atoms with Crippen LogP contribution in [0, 0.1) is 0 Å². The summed E-state index contributed by atoms with van der Waals surface area (Å²) in [6.45, 7) is 5.59. The number of nitrogen functional groups attached to an aromatic ring is 2. The van der Waals surface area contributed by atoms with Gasteiger partial charge in [-0.15, -0.1) is 59.6 Å². The zero-order chi connectivity index (χ0) is 95.3. The van der Waals surface area contributed by atoms with Crippen molar-refractivity contribution in [1.29, 1.82) is 0 Å². The second-order valence-electron chi connectivity index (χ2n) is 24.3. The number of phosphoric acid groups is 12. The summed E-state index contributed by atoms with van der Waals surface area (Å²) in [5, 5.41) is 36.6. The molecule has 64 nitrogen and oxygen atoms in total. The fraction of sp³-hybridized carbons (Fsp3) is 0.545. The van der Waals surface area contributed by atoms with Gasteiger partial charge in [0.25, 0.3) is 11.1 Å². The first kappa shape index (κ1) is 111. The van der Waals surface area contributed by atoms with Crippen LogP contribution in [-0.4, -0.2) is 232 Å². The van der Waals surface area contributed by atoms with Crippen LogP contribution in [0.1, 0.15) is 51.6 Å². The van der Waals surface area contributed by atoms with E-state index in [0.717, 1.165) is 54.9 Å². The summed E-state index contributed by atoms with van der Waals surface area (Å²) in [5.74, 6) is -0.186. The Morgan fingerprint density at radius 1 is 0.387 bits per heavy atom. The van der Waals surface area contributed by atoms with E-state index < -0.39 is 247 Å². The van der Waals surface area contributed by atoms with Gasteiger partial charge in [0, 0.05) is 36.9 Å². The number of phosphoric ester groups is 4. The van der Waals surface area contributed by atoms with Crippen LogP contribution in [-0.2, 0) is 126 Å². The number of H-pyrrole nitrogens is 2. The Hall–Kier alpha value is -3.32. The van der Waals surface area contributed by atoms with E-state index in [9.17, 15) is 133 Å². The third-order valence-electron chi connectivity index (χ3n) is 15.7. The predicted molar refractivity (Wildman–Crippen MR) is 403 cm³/mol. The van der Waals surface area contributed by atoms with Gasteiger partial charge in [0.2, 0.25) is 0 Å². The minimum Gasteiger partial charge on any atom is -0.388 e. The second-order valence-corrected chi connectivity index (χ2v) is 44.0. The van der Waals surface area contributed by atoms with Gasteiger partial charge in [0.15, 0.2) is 24.9 Å². The van der Waals surface area contributed by atoms with E-state index in [4.69, 9.17) is 126 Å². The number of ether oxygens (including phenoxy) is 4. The van der Waals surface area contributed by atoms with Crippen molar-refractivity contribution in [2.45, 2.75) is 120 Å². The van der Waals surface area contributed by atoms with Crippen molar-refractivity contribution >= 4 is 152 Å². The summed E-state index contributed by atoms with van der Waals surface area (Å²) in [5.41, 5.74) is -2.01.